The van der Waals surface area contributed by atoms with E-state index in [1.807, 2.05) is 20.8 Å². The summed E-state index contributed by atoms with van der Waals surface area (Å²) in [5.41, 5.74) is -0.483. The quantitative estimate of drug-likeness (QED) is 0.614. The summed E-state index contributed by atoms with van der Waals surface area (Å²) in [6.45, 7) is 5.49. The lowest BCUT2D eigenvalue weighted by molar-refractivity contribution is -0.169. The number of carbonyl (C=O) groups is 2. The van der Waals surface area contributed by atoms with E-state index in [0.29, 0.717) is 12.8 Å². The Bertz CT molecular complexity index is 302. The molecule has 1 saturated carbocycles. The van der Waals surface area contributed by atoms with Gasteiger partial charge in [0.25, 0.3) is 0 Å². The number of fused-ring (bicyclic) bond motifs is 2. The summed E-state index contributed by atoms with van der Waals surface area (Å²) < 4.78 is 10.3. The maximum absolute atomic E-state index is 11.8. The van der Waals surface area contributed by atoms with Gasteiger partial charge in [-0.3, -0.25) is 9.59 Å². The summed E-state index contributed by atoms with van der Waals surface area (Å²) in [5, 5.41) is 0. The van der Waals surface area contributed by atoms with Gasteiger partial charge in [-0.1, -0.05) is 0 Å². The smallest absolute Gasteiger partial charge is 0.310 e. The standard InChI is InChI=1S/C11H16O4/c1-11(2,3)15-10(13)8-5-6-4-7(8)9(12)14-6/h6-8H,4-5H2,1-3H3/t6-,7+,8-/m0/s1. The van der Waals surface area contributed by atoms with Crippen LogP contribution >= 0.6 is 0 Å². The Hall–Kier alpha value is -1.06. The van der Waals surface area contributed by atoms with Crippen molar-refractivity contribution in [3.8, 4) is 0 Å². The molecule has 0 amide bonds. The van der Waals surface area contributed by atoms with Gasteiger partial charge in [0.05, 0.1) is 11.8 Å². The van der Waals surface area contributed by atoms with Crippen molar-refractivity contribution < 1.29 is 19.1 Å². The highest BCUT2D eigenvalue weighted by Crippen LogP contribution is 2.42. The summed E-state index contributed by atoms with van der Waals surface area (Å²) in [6, 6.07) is 0. The topological polar surface area (TPSA) is 52.6 Å². The normalized spacial score (nSPS) is 34.1. The van der Waals surface area contributed by atoms with Gasteiger partial charge in [0, 0.05) is 0 Å². The van der Waals surface area contributed by atoms with Gasteiger partial charge >= 0.3 is 11.9 Å². The molecule has 3 atom stereocenters. The first-order chi connectivity index (χ1) is 6.87. The molecule has 2 aliphatic rings. The van der Waals surface area contributed by atoms with Crippen LogP contribution in [-0.4, -0.2) is 23.6 Å². The molecule has 1 aliphatic carbocycles. The average Bonchev–Trinajstić information content (AvgIpc) is 2.58. The average molecular weight is 212 g/mol. The monoisotopic (exact) mass is 212 g/mol. The summed E-state index contributed by atoms with van der Waals surface area (Å²) >= 11 is 0. The third kappa shape index (κ3) is 1.98. The number of hydrogen-bond acceptors (Lipinski definition) is 4. The molecule has 2 fully saturated rings. The highest BCUT2D eigenvalue weighted by atomic mass is 16.6. The molecule has 4 heteroatoms. The van der Waals surface area contributed by atoms with Crippen molar-refractivity contribution in [1.29, 1.82) is 0 Å². The molecule has 4 nitrogen and oxygen atoms in total. The lowest BCUT2D eigenvalue weighted by Gasteiger charge is -2.25. The second-order valence-corrected chi connectivity index (χ2v) is 5.28. The van der Waals surface area contributed by atoms with E-state index in [4.69, 9.17) is 9.47 Å². The molecule has 0 N–H and O–H groups in total. The maximum Gasteiger partial charge on any atom is 0.310 e. The minimum Gasteiger partial charge on any atom is -0.462 e. The summed E-state index contributed by atoms with van der Waals surface area (Å²) in [7, 11) is 0. The van der Waals surface area contributed by atoms with E-state index in [2.05, 4.69) is 0 Å². The first-order valence-electron chi connectivity index (χ1n) is 5.30. The molecule has 0 aromatic carbocycles. The maximum atomic E-state index is 11.8. The van der Waals surface area contributed by atoms with Gasteiger partial charge in [0.1, 0.15) is 11.7 Å². The molecule has 2 bridgehead atoms. The van der Waals surface area contributed by atoms with Crippen molar-refractivity contribution in [3.63, 3.8) is 0 Å². The molecule has 0 aromatic rings. The number of carbonyl (C=O) groups excluding carboxylic acids is 2. The molecule has 1 heterocycles. The minimum absolute atomic E-state index is 0.0555. The number of ether oxygens (including phenoxy) is 2. The first-order valence-corrected chi connectivity index (χ1v) is 5.30. The molecule has 84 valence electrons. The second kappa shape index (κ2) is 3.22. The van der Waals surface area contributed by atoms with E-state index in [9.17, 15) is 9.59 Å². The molecule has 1 aliphatic heterocycles. The zero-order valence-electron chi connectivity index (χ0n) is 9.28. The lowest BCUT2D eigenvalue weighted by Crippen LogP contribution is -2.34. The molecular weight excluding hydrogens is 196 g/mol. The zero-order chi connectivity index (χ0) is 11.2. The molecule has 0 radical (unpaired) electrons. The van der Waals surface area contributed by atoms with E-state index in [0.717, 1.165) is 0 Å². The largest absolute Gasteiger partial charge is 0.462 e. The lowest BCUT2D eigenvalue weighted by atomic mass is 9.96. The van der Waals surface area contributed by atoms with E-state index in [1.54, 1.807) is 0 Å². The van der Waals surface area contributed by atoms with Gasteiger partial charge in [-0.05, 0) is 33.6 Å². The van der Waals surface area contributed by atoms with E-state index >= 15 is 0 Å². The summed E-state index contributed by atoms with van der Waals surface area (Å²) in [6.07, 6.45) is 1.26. The van der Waals surface area contributed by atoms with Crippen molar-refractivity contribution >= 4 is 11.9 Å². The predicted octanol–water partition coefficient (Wildman–Crippen LogP) is 1.28. The number of esters is 2. The molecule has 0 aromatic heterocycles. The third-order valence-electron chi connectivity index (χ3n) is 2.81. The van der Waals surface area contributed by atoms with Gasteiger partial charge in [-0.15, -0.1) is 0 Å². The van der Waals surface area contributed by atoms with Gasteiger partial charge in [0.15, 0.2) is 0 Å². The van der Waals surface area contributed by atoms with Crippen molar-refractivity contribution in [2.75, 3.05) is 0 Å². The van der Waals surface area contributed by atoms with Gasteiger partial charge < -0.3 is 9.47 Å². The summed E-state index contributed by atoms with van der Waals surface area (Å²) in [4.78, 5) is 23.1. The Morgan fingerprint density at radius 3 is 2.53 bits per heavy atom. The molecule has 1 saturated heterocycles. The van der Waals surface area contributed by atoms with Crippen LogP contribution in [-0.2, 0) is 19.1 Å². The Kier molecular flexibility index (Phi) is 2.24. The Labute approximate surface area is 88.9 Å². The van der Waals surface area contributed by atoms with Crippen molar-refractivity contribution in [1.82, 2.24) is 0 Å². The summed E-state index contributed by atoms with van der Waals surface area (Å²) in [5.74, 6) is -1.03. The highest BCUT2D eigenvalue weighted by molar-refractivity contribution is 5.85. The van der Waals surface area contributed by atoms with Crippen LogP contribution in [0.1, 0.15) is 33.6 Å². The van der Waals surface area contributed by atoms with Gasteiger partial charge in [-0.2, -0.15) is 0 Å². The Balaban J connectivity index is 2.01. The molecule has 2 rings (SSSR count). The van der Waals surface area contributed by atoms with Crippen LogP contribution in [0, 0.1) is 11.8 Å². The van der Waals surface area contributed by atoms with Crippen molar-refractivity contribution in [2.24, 2.45) is 11.8 Å². The van der Waals surface area contributed by atoms with Crippen LogP contribution in [0.4, 0.5) is 0 Å². The predicted molar refractivity (Wildman–Crippen MR) is 51.9 cm³/mol. The number of hydrogen-bond donors (Lipinski definition) is 0. The molecular formula is C11H16O4. The van der Waals surface area contributed by atoms with E-state index in [1.165, 1.54) is 0 Å². The second-order valence-electron chi connectivity index (χ2n) is 5.28. The van der Waals surface area contributed by atoms with Crippen LogP contribution in [0.15, 0.2) is 0 Å². The minimum atomic E-state index is -0.483. The molecule has 15 heavy (non-hydrogen) atoms. The fourth-order valence-corrected chi connectivity index (χ4v) is 2.24. The fourth-order valence-electron chi connectivity index (χ4n) is 2.24. The third-order valence-corrected chi connectivity index (χ3v) is 2.81. The highest BCUT2D eigenvalue weighted by Gasteiger charge is 2.51. The SMILES string of the molecule is CC(C)(C)OC(=O)[C@H]1C[C@@H]2C[C@H]1C(=O)O2. The van der Waals surface area contributed by atoms with E-state index < -0.39 is 5.60 Å². The van der Waals surface area contributed by atoms with Crippen LogP contribution in [0.25, 0.3) is 0 Å². The van der Waals surface area contributed by atoms with Crippen LogP contribution in [0.5, 0.6) is 0 Å². The Morgan fingerprint density at radius 2 is 2.07 bits per heavy atom. The van der Waals surface area contributed by atoms with Crippen LogP contribution in [0.2, 0.25) is 0 Å². The molecule has 0 spiro atoms. The van der Waals surface area contributed by atoms with Crippen molar-refractivity contribution in [2.45, 2.75) is 45.3 Å². The van der Waals surface area contributed by atoms with Crippen molar-refractivity contribution in [3.05, 3.63) is 0 Å². The van der Waals surface area contributed by atoms with Gasteiger partial charge in [0.2, 0.25) is 0 Å². The van der Waals surface area contributed by atoms with E-state index in [-0.39, 0.29) is 29.9 Å². The van der Waals surface area contributed by atoms with Crippen LogP contribution < -0.4 is 0 Å². The van der Waals surface area contributed by atoms with Gasteiger partial charge in [-0.25, -0.2) is 0 Å². The number of rotatable bonds is 1. The Morgan fingerprint density at radius 1 is 1.40 bits per heavy atom. The fraction of sp³-hybridized carbons (Fsp3) is 0.818. The van der Waals surface area contributed by atoms with Crippen LogP contribution in [0.3, 0.4) is 0 Å². The first kappa shape index (κ1) is 10.5. The zero-order valence-corrected chi connectivity index (χ0v) is 9.28. The molecule has 0 unspecified atom stereocenters.